The van der Waals surface area contributed by atoms with E-state index in [9.17, 15) is 14.0 Å². The monoisotopic (exact) mass is 527 g/mol. The first-order valence-electron chi connectivity index (χ1n) is 13.0. The Bertz CT molecular complexity index is 1450. The smallest absolute Gasteiger partial charge is 0.274 e. The van der Waals surface area contributed by atoms with Crippen LogP contribution in [0.25, 0.3) is 5.69 Å². The Morgan fingerprint density at radius 2 is 1.79 bits per heavy atom. The summed E-state index contributed by atoms with van der Waals surface area (Å²) in [5.41, 5.74) is 2.98. The lowest BCUT2D eigenvalue weighted by Crippen LogP contribution is -2.38. The van der Waals surface area contributed by atoms with E-state index >= 15 is 0 Å². The normalized spacial score (nSPS) is 13.9. The molecule has 0 unspecified atom stereocenters. The second-order valence-corrected chi connectivity index (χ2v) is 9.82. The van der Waals surface area contributed by atoms with Gasteiger partial charge < -0.3 is 19.5 Å². The van der Waals surface area contributed by atoms with Crippen LogP contribution in [0.4, 0.5) is 10.1 Å². The van der Waals surface area contributed by atoms with Gasteiger partial charge in [0.15, 0.2) is 0 Å². The second kappa shape index (κ2) is 11.5. The summed E-state index contributed by atoms with van der Waals surface area (Å²) in [7, 11) is 0. The van der Waals surface area contributed by atoms with E-state index in [0.717, 1.165) is 24.1 Å². The minimum absolute atomic E-state index is 0.0645. The summed E-state index contributed by atoms with van der Waals surface area (Å²) in [4.78, 5) is 35.6. The van der Waals surface area contributed by atoms with Gasteiger partial charge in [-0.1, -0.05) is 12.1 Å². The second-order valence-electron chi connectivity index (χ2n) is 9.82. The van der Waals surface area contributed by atoms with Crippen molar-refractivity contribution in [1.29, 1.82) is 0 Å². The summed E-state index contributed by atoms with van der Waals surface area (Å²) in [6.07, 6.45) is 8.21. The van der Waals surface area contributed by atoms with Crippen molar-refractivity contribution in [2.75, 3.05) is 18.4 Å². The van der Waals surface area contributed by atoms with Crippen molar-refractivity contribution in [2.45, 2.75) is 38.7 Å². The van der Waals surface area contributed by atoms with Crippen molar-refractivity contribution < 1.29 is 18.7 Å². The number of pyridine rings is 1. The summed E-state index contributed by atoms with van der Waals surface area (Å²) >= 11 is 0. The largest absolute Gasteiger partial charge is 0.491 e. The summed E-state index contributed by atoms with van der Waals surface area (Å²) in [6, 6.07) is 15.7. The van der Waals surface area contributed by atoms with E-state index in [0.29, 0.717) is 30.2 Å². The number of anilines is 1. The first-order valence-corrected chi connectivity index (χ1v) is 13.0. The molecule has 3 heterocycles. The Balaban J connectivity index is 1.16. The van der Waals surface area contributed by atoms with Gasteiger partial charge in [0.2, 0.25) is 0 Å². The molecule has 1 saturated heterocycles. The predicted molar refractivity (Wildman–Crippen MR) is 146 cm³/mol. The number of benzene rings is 2. The van der Waals surface area contributed by atoms with Crippen molar-refractivity contribution >= 4 is 17.5 Å². The van der Waals surface area contributed by atoms with Crippen LogP contribution in [-0.2, 0) is 0 Å². The molecule has 5 rings (SSSR count). The highest BCUT2D eigenvalue weighted by molar-refractivity contribution is 6.03. The molecule has 1 aliphatic rings. The number of nitrogens with zero attached hydrogens (tertiary/aromatic N) is 4. The van der Waals surface area contributed by atoms with Gasteiger partial charge in [0.05, 0.1) is 23.7 Å². The molecule has 9 heteroatoms. The molecule has 0 atom stereocenters. The van der Waals surface area contributed by atoms with E-state index in [1.165, 1.54) is 12.1 Å². The molecule has 0 bridgehead atoms. The Hall–Kier alpha value is -4.53. The number of carbonyl (C=O) groups excluding carboxylic acids is 2. The van der Waals surface area contributed by atoms with E-state index in [2.05, 4.69) is 15.3 Å². The molecular formula is C30H30FN5O3. The Labute approximate surface area is 226 Å². The lowest BCUT2D eigenvalue weighted by Gasteiger charge is -2.32. The van der Waals surface area contributed by atoms with Crippen LogP contribution in [0.1, 0.15) is 59.0 Å². The fourth-order valence-electron chi connectivity index (χ4n) is 4.75. The van der Waals surface area contributed by atoms with Gasteiger partial charge in [0, 0.05) is 43.4 Å². The maximum Gasteiger partial charge on any atom is 0.274 e. The maximum absolute atomic E-state index is 14.6. The first-order chi connectivity index (χ1) is 18.9. The van der Waals surface area contributed by atoms with E-state index < -0.39 is 5.82 Å². The van der Waals surface area contributed by atoms with E-state index in [4.69, 9.17) is 4.74 Å². The van der Waals surface area contributed by atoms with Gasteiger partial charge in [0.25, 0.3) is 11.8 Å². The molecule has 200 valence electrons. The van der Waals surface area contributed by atoms with Crippen LogP contribution < -0.4 is 10.1 Å². The van der Waals surface area contributed by atoms with Crippen molar-refractivity contribution in [2.24, 2.45) is 0 Å². The number of nitrogens with one attached hydrogen (secondary N) is 1. The number of imidazole rings is 1. The molecule has 0 spiro atoms. The number of amides is 2. The number of likely N-dealkylation sites (tertiary alicyclic amines) is 1. The number of aromatic nitrogens is 3. The lowest BCUT2D eigenvalue weighted by molar-refractivity contribution is 0.0708. The molecule has 8 nitrogen and oxygen atoms in total. The standard InChI is InChI=1S/C30H30FN5O3/c1-20(2)39-25-7-8-26(27(31)18-25)30(38)35-14-10-22(11-15-35)21-3-5-23(6-4-21)34-29(37)28-17-24(9-12-33-28)36-16-13-32-19-36/h3-9,12-13,16-20,22H,10-11,14-15H2,1-2H3,(H,34,37). The molecule has 1 fully saturated rings. The highest BCUT2D eigenvalue weighted by Gasteiger charge is 2.26. The number of hydrogen-bond acceptors (Lipinski definition) is 5. The van der Waals surface area contributed by atoms with Crippen LogP contribution >= 0.6 is 0 Å². The zero-order valence-corrected chi connectivity index (χ0v) is 21.9. The van der Waals surface area contributed by atoms with Gasteiger partial charge in [-0.2, -0.15) is 0 Å². The molecule has 0 saturated carbocycles. The van der Waals surface area contributed by atoms with Gasteiger partial charge in [-0.15, -0.1) is 0 Å². The number of halogens is 1. The third kappa shape index (κ3) is 6.14. The third-order valence-electron chi connectivity index (χ3n) is 6.74. The van der Waals surface area contributed by atoms with Crippen LogP contribution in [-0.4, -0.2) is 50.4 Å². The van der Waals surface area contributed by atoms with Crippen molar-refractivity contribution in [3.8, 4) is 11.4 Å². The highest BCUT2D eigenvalue weighted by Crippen LogP contribution is 2.30. The minimum atomic E-state index is -0.568. The molecule has 0 aliphatic carbocycles. The fraction of sp³-hybridized carbons (Fsp3) is 0.267. The summed E-state index contributed by atoms with van der Waals surface area (Å²) in [6.45, 7) is 4.83. The summed E-state index contributed by atoms with van der Waals surface area (Å²) in [5.74, 6) is -0.476. The summed E-state index contributed by atoms with van der Waals surface area (Å²) < 4.78 is 21.9. The van der Waals surface area contributed by atoms with Crippen LogP contribution in [0.3, 0.4) is 0 Å². The zero-order chi connectivity index (χ0) is 27.4. The number of carbonyl (C=O) groups is 2. The van der Waals surface area contributed by atoms with Crippen molar-refractivity contribution in [3.63, 3.8) is 0 Å². The maximum atomic E-state index is 14.6. The number of piperidine rings is 1. The van der Waals surface area contributed by atoms with Crippen LogP contribution in [0.15, 0.2) is 79.5 Å². The lowest BCUT2D eigenvalue weighted by atomic mass is 9.89. The highest BCUT2D eigenvalue weighted by atomic mass is 19.1. The van der Waals surface area contributed by atoms with Crippen molar-refractivity contribution in [1.82, 2.24) is 19.4 Å². The van der Waals surface area contributed by atoms with Crippen LogP contribution in [0.2, 0.25) is 0 Å². The first kappa shape index (κ1) is 26.1. The molecule has 2 aromatic heterocycles. The van der Waals surface area contributed by atoms with Gasteiger partial charge in [0.1, 0.15) is 17.3 Å². The number of ether oxygens (including phenoxy) is 1. The van der Waals surface area contributed by atoms with E-state index in [1.54, 1.807) is 52.6 Å². The Kier molecular flexibility index (Phi) is 7.67. The molecule has 4 aromatic rings. The molecule has 2 aromatic carbocycles. The zero-order valence-electron chi connectivity index (χ0n) is 21.9. The summed E-state index contributed by atoms with van der Waals surface area (Å²) in [5, 5.41) is 2.90. The number of hydrogen-bond donors (Lipinski definition) is 1. The molecular weight excluding hydrogens is 497 g/mol. The Morgan fingerprint density at radius 3 is 2.46 bits per heavy atom. The van der Waals surface area contributed by atoms with Crippen molar-refractivity contribution in [3.05, 3.63) is 102 Å². The average Bonchev–Trinajstić information content (AvgIpc) is 3.48. The van der Waals surface area contributed by atoms with Gasteiger partial charge >= 0.3 is 0 Å². The van der Waals surface area contributed by atoms with Gasteiger partial charge in [-0.05, 0) is 74.6 Å². The average molecular weight is 528 g/mol. The minimum Gasteiger partial charge on any atom is -0.491 e. The topological polar surface area (TPSA) is 89.4 Å². The van der Waals surface area contributed by atoms with Crippen LogP contribution in [0.5, 0.6) is 5.75 Å². The van der Waals surface area contributed by atoms with Gasteiger partial charge in [-0.25, -0.2) is 9.37 Å². The molecule has 0 radical (unpaired) electrons. The molecule has 1 aliphatic heterocycles. The number of rotatable bonds is 7. The molecule has 1 N–H and O–H groups in total. The fourth-order valence-corrected chi connectivity index (χ4v) is 4.75. The molecule has 39 heavy (non-hydrogen) atoms. The Morgan fingerprint density at radius 1 is 1.03 bits per heavy atom. The van der Waals surface area contributed by atoms with E-state index in [1.807, 2.05) is 38.1 Å². The SMILES string of the molecule is CC(C)Oc1ccc(C(=O)N2CCC(c3ccc(NC(=O)c4cc(-n5ccnc5)ccn4)cc3)CC2)c(F)c1. The molecule has 2 amide bonds. The predicted octanol–water partition coefficient (Wildman–Crippen LogP) is 5.47. The van der Waals surface area contributed by atoms with E-state index in [-0.39, 0.29) is 29.4 Å². The third-order valence-corrected chi connectivity index (χ3v) is 6.74. The van der Waals surface area contributed by atoms with Gasteiger partial charge in [-0.3, -0.25) is 14.6 Å². The quantitative estimate of drug-likeness (QED) is 0.345. The van der Waals surface area contributed by atoms with Crippen LogP contribution in [0, 0.1) is 5.82 Å².